The quantitative estimate of drug-likeness (QED) is 0.173. The first-order valence-electron chi connectivity index (χ1n) is 13.7. The zero-order valence-corrected chi connectivity index (χ0v) is 23.4. The van der Waals surface area contributed by atoms with Crippen LogP contribution in [0.15, 0.2) is 41.0 Å². The minimum Gasteiger partial charge on any atom is -0.478 e. The molecule has 2 amide bonds. The largest absolute Gasteiger partial charge is 0.478 e. The fourth-order valence-corrected chi connectivity index (χ4v) is 5.48. The Balaban J connectivity index is 1.93. The number of carbonyl (C=O) groups excluding carboxylic acids is 2. The second kappa shape index (κ2) is 10.8. The fourth-order valence-electron chi connectivity index (χ4n) is 5.48. The molecule has 1 N–H and O–H groups in total. The summed E-state index contributed by atoms with van der Waals surface area (Å²) in [7, 11) is 0. The number of furan rings is 1. The molecule has 0 saturated heterocycles. The van der Waals surface area contributed by atoms with Gasteiger partial charge in [0.1, 0.15) is 5.58 Å². The number of nitrogens with zero attached hydrogens (tertiary/aromatic N) is 2. The van der Waals surface area contributed by atoms with Gasteiger partial charge in [-0.3, -0.25) is 14.9 Å². The normalized spacial score (nSPS) is 13.8. The van der Waals surface area contributed by atoms with Crippen LogP contribution >= 0.6 is 0 Å². The van der Waals surface area contributed by atoms with Crippen LogP contribution < -0.4 is 15.0 Å². The van der Waals surface area contributed by atoms with Gasteiger partial charge >= 0.3 is 0 Å². The molecule has 0 saturated carbocycles. The molecule has 0 radical (unpaired) electrons. The van der Waals surface area contributed by atoms with Gasteiger partial charge in [0.25, 0.3) is 11.8 Å². The standard InChI is InChI=1S/C31H33F2N3O4/c1-6-9-13-40-31-23(20-16-19(35(7-2)8-3)10-11-22(20)36(31)17(4)5)24-25(30(38)34-29(24)37)26-27(33)21(32)15-18-12-14-39-28(18)26/h10-12,14-17H,6-9,13H2,1-5H3,(H,34,37,38). The number of halogens is 2. The van der Waals surface area contributed by atoms with Crippen LogP contribution in [0.2, 0.25) is 0 Å². The zero-order valence-electron chi connectivity index (χ0n) is 23.4. The van der Waals surface area contributed by atoms with E-state index in [1.807, 2.05) is 43.5 Å². The summed E-state index contributed by atoms with van der Waals surface area (Å²) in [5, 5.41) is 3.27. The van der Waals surface area contributed by atoms with Crippen LogP contribution in [0, 0.1) is 11.6 Å². The zero-order chi connectivity index (χ0) is 28.7. The molecule has 40 heavy (non-hydrogen) atoms. The van der Waals surface area contributed by atoms with E-state index in [-0.39, 0.29) is 33.7 Å². The van der Waals surface area contributed by atoms with Crippen molar-refractivity contribution >= 4 is 50.5 Å². The first-order valence-corrected chi connectivity index (χ1v) is 13.7. The number of imide groups is 1. The maximum absolute atomic E-state index is 15.5. The minimum absolute atomic E-state index is 0.0128. The number of nitrogens with one attached hydrogen (secondary N) is 1. The average Bonchev–Trinajstić information content (AvgIpc) is 3.59. The molecule has 1 aliphatic rings. The number of unbranched alkanes of at least 4 members (excludes halogenated alkanes) is 1. The number of ether oxygens (including phenoxy) is 1. The van der Waals surface area contributed by atoms with Crippen LogP contribution in [0.1, 0.15) is 64.6 Å². The summed E-state index contributed by atoms with van der Waals surface area (Å²) >= 11 is 0. The smallest absolute Gasteiger partial charge is 0.259 e. The van der Waals surface area contributed by atoms with Gasteiger partial charge in [0.2, 0.25) is 5.88 Å². The average molecular weight is 550 g/mol. The lowest BCUT2D eigenvalue weighted by molar-refractivity contribution is -0.122. The van der Waals surface area contributed by atoms with E-state index in [2.05, 4.69) is 24.1 Å². The highest BCUT2D eigenvalue weighted by atomic mass is 19.2. The third kappa shape index (κ3) is 4.33. The number of rotatable bonds is 10. The van der Waals surface area contributed by atoms with Gasteiger partial charge in [-0.05, 0) is 64.4 Å². The van der Waals surface area contributed by atoms with Gasteiger partial charge in [-0.25, -0.2) is 8.78 Å². The van der Waals surface area contributed by atoms with Crippen molar-refractivity contribution in [3.05, 3.63) is 59.4 Å². The van der Waals surface area contributed by atoms with Crippen molar-refractivity contribution in [2.45, 2.75) is 53.5 Å². The summed E-state index contributed by atoms with van der Waals surface area (Å²) in [6.07, 6.45) is 2.95. The molecule has 2 aromatic carbocycles. The molecule has 210 valence electrons. The van der Waals surface area contributed by atoms with Crippen molar-refractivity contribution < 1.29 is 27.5 Å². The highest BCUT2D eigenvalue weighted by Crippen LogP contribution is 2.46. The highest BCUT2D eigenvalue weighted by molar-refractivity contribution is 6.51. The van der Waals surface area contributed by atoms with Gasteiger partial charge in [0.15, 0.2) is 11.6 Å². The van der Waals surface area contributed by atoms with Gasteiger partial charge in [0, 0.05) is 35.6 Å². The molecule has 0 bridgehead atoms. The lowest BCUT2D eigenvalue weighted by atomic mass is 9.94. The van der Waals surface area contributed by atoms with E-state index < -0.39 is 23.4 Å². The number of aromatic nitrogens is 1. The molecule has 0 fully saturated rings. The lowest BCUT2D eigenvalue weighted by Gasteiger charge is -2.21. The van der Waals surface area contributed by atoms with E-state index in [1.54, 1.807) is 0 Å². The van der Waals surface area contributed by atoms with Crippen LogP contribution in [0.4, 0.5) is 14.5 Å². The van der Waals surface area contributed by atoms with Crippen molar-refractivity contribution in [3.8, 4) is 5.88 Å². The molecule has 2 aromatic heterocycles. The topological polar surface area (TPSA) is 76.7 Å². The SMILES string of the molecule is CCCCOc1c(C2=C(c3c(F)c(F)cc4ccoc34)C(=O)NC2=O)c2cc(N(CC)CC)ccc2n1C(C)C. The predicted molar refractivity (Wildman–Crippen MR) is 152 cm³/mol. The summed E-state index contributed by atoms with van der Waals surface area (Å²) in [4.78, 5) is 29.1. The lowest BCUT2D eigenvalue weighted by Crippen LogP contribution is -2.23. The van der Waals surface area contributed by atoms with Crippen molar-refractivity contribution in [1.29, 1.82) is 0 Å². The van der Waals surface area contributed by atoms with Crippen molar-refractivity contribution in [1.82, 2.24) is 9.88 Å². The first-order chi connectivity index (χ1) is 19.2. The molecule has 7 nitrogen and oxygen atoms in total. The van der Waals surface area contributed by atoms with Crippen LogP contribution in [0.5, 0.6) is 5.88 Å². The molecule has 1 aliphatic heterocycles. The number of amides is 2. The van der Waals surface area contributed by atoms with E-state index >= 15 is 4.39 Å². The molecule has 9 heteroatoms. The Hall–Kier alpha value is -4.14. The molecule has 4 aromatic rings. The number of hydrogen-bond donors (Lipinski definition) is 1. The van der Waals surface area contributed by atoms with Gasteiger partial charge in [0.05, 0.1) is 40.7 Å². The van der Waals surface area contributed by atoms with E-state index in [0.717, 1.165) is 43.2 Å². The van der Waals surface area contributed by atoms with Crippen molar-refractivity contribution in [3.63, 3.8) is 0 Å². The van der Waals surface area contributed by atoms with E-state index in [4.69, 9.17) is 9.15 Å². The van der Waals surface area contributed by atoms with Gasteiger partial charge < -0.3 is 18.6 Å². The Kier molecular flexibility index (Phi) is 7.40. The third-order valence-corrected chi connectivity index (χ3v) is 7.39. The molecule has 3 heterocycles. The van der Waals surface area contributed by atoms with E-state index in [1.165, 1.54) is 12.3 Å². The van der Waals surface area contributed by atoms with Gasteiger partial charge in [-0.2, -0.15) is 0 Å². The Morgan fingerprint density at radius 1 is 1.00 bits per heavy atom. The monoisotopic (exact) mass is 549 g/mol. The first kappa shape index (κ1) is 27.4. The van der Waals surface area contributed by atoms with E-state index in [9.17, 15) is 14.0 Å². The number of benzene rings is 2. The van der Waals surface area contributed by atoms with Crippen LogP contribution in [-0.4, -0.2) is 36.1 Å². The number of anilines is 1. The molecule has 0 unspecified atom stereocenters. The Labute approximate surface area is 231 Å². The maximum Gasteiger partial charge on any atom is 0.259 e. The number of carbonyl (C=O) groups is 2. The highest BCUT2D eigenvalue weighted by Gasteiger charge is 2.40. The maximum atomic E-state index is 15.5. The molecule has 0 aliphatic carbocycles. The van der Waals surface area contributed by atoms with Crippen molar-refractivity contribution in [2.24, 2.45) is 0 Å². The predicted octanol–water partition coefficient (Wildman–Crippen LogP) is 6.84. The Bertz CT molecular complexity index is 1660. The Morgan fingerprint density at radius 3 is 2.35 bits per heavy atom. The second-order valence-corrected chi connectivity index (χ2v) is 10.1. The molecular weight excluding hydrogens is 516 g/mol. The van der Waals surface area contributed by atoms with Crippen LogP contribution in [-0.2, 0) is 9.59 Å². The Morgan fingerprint density at radius 2 is 1.70 bits per heavy atom. The third-order valence-electron chi connectivity index (χ3n) is 7.39. The molecule has 5 rings (SSSR count). The van der Waals surface area contributed by atoms with Crippen molar-refractivity contribution in [2.75, 3.05) is 24.6 Å². The number of fused-ring (bicyclic) bond motifs is 2. The minimum atomic E-state index is -1.26. The summed E-state index contributed by atoms with van der Waals surface area (Å²) in [5.74, 6) is -3.53. The number of hydrogen-bond acceptors (Lipinski definition) is 5. The van der Waals surface area contributed by atoms with E-state index in [0.29, 0.717) is 23.4 Å². The summed E-state index contributed by atoms with van der Waals surface area (Å²) < 4.78 is 44.1. The molecular formula is C31H33F2N3O4. The van der Waals surface area contributed by atoms with Crippen LogP contribution in [0.25, 0.3) is 33.0 Å². The van der Waals surface area contributed by atoms with Crippen LogP contribution in [0.3, 0.4) is 0 Å². The fraction of sp³-hybridized carbons (Fsp3) is 0.355. The molecule has 0 atom stereocenters. The van der Waals surface area contributed by atoms with Gasteiger partial charge in [-0.1, -0.05) is 13.3 Å². The van der Waals surface area contributed by atoms with Gasteiger partial charge in [-0.15, -0.1) is 0 Å². The molecule has 0 spiro atoms. The summed E-state index contributed by atoms with van der Waals surface area (Å²) in [6, 6.07) is 8.38. The summed E-state index contributed by atoms with van der Waals surface area (Å²) in [6.45, 7) is 12.1. The summed E-state index contributed by atoms with van der Waals surface area (Å²) in [5.41, 5.74) is 1.35. The second-order valence-electron chi connectivity index (χ2n) is 10.1.